The fraction of sp³-hybridized carbons (Fsp3) is 0.444. The molecule has 21 heteroatoms. The number of nitrogens with two attached hydrogens (primary N) is 1. The summed E-state index contributed by atoms with van der Waals surface area (Å²) in [5.41, 5.74) is 6.03. The Morgan fingerprint density at radius 2 is 1.83 bits per heavy atom. The Bertz CT molecular complexity index is 1060. The van der Waals surface area contributed by atoms with Crippen molar-refractivity contribution in [1.29, 1.82) is 0 Å². The summed E-state index contributed by atoms with van der Waals surface area (Å²) in [5, 5.41) is 10.3. The van der Waals surface area contributed by atoms with Crippen molar-refractivity contribution in [2.75, 3.05) is 12.3 Å². The van der Waals surface area contributed by atoms with Gasteiger partial charge in [-0.25, -0.2) is 28.4 Å². The van der Waals surface area contributed by atoms with Crippen LogP contribution in [0.15, 0.2) is 12.7 Å². The third-order valence-electron chi connectivity index (χ3n) is 3.45. The summed E-state index contributed by atoms with van der Waals surface area (Å²) in [6, 6.07) is 0. The summed E-state index contributed by atoms with van der Waals surface area (Å²) in [4.78, 5) is 49.2. The van der Waals surface area contributed by atoms with Gasteiger partial charge in [0.25, 0.3) is 7.82 Å². The maximum Gasteiger partial charge on any atom is 1.00 e. The molecule has 2 aromatic heterocycles. The minimum Gasteiger partial charge on any atom is -0.756 e. The number of nitrogens with zero attached hydrogens (tertiary/aromatic N) is 4. The van der Waals surface area contributed by atoms with E-state index < -0.39 is 48.5 Å². The molecule has 30 heavy (non-hydrogen) atoms. The summed E-state index contributed by atoms with van der Waals surface area (Å²) >= 11 is 0. The molecular formula is C9H13N5NaO12P3. The van der Waals surface area contributed by atoms with Gasteiger partial charge in [0.05, 0.1) is 12.9 Å². The van der Waals surface area contributed by atoms with Crippen LogP contribution in [0.3, 0.4) is 0 Å². The number of fused-ring (bicyclic) bond motifs is 1. The predicted octanol–water partition coefficient (Wildman–Crippen LogP) is -4.62. The maximum atomic E-state index is 11.9. The molecule has 0 amide bonds. The topological polar surface area (TPSA) is 262 Å². The normalized spacial score (nSPS) is 27.7. The number of imidazole rings is 1. The third kappa shape index (κ3) is 6.13. The molecule has 0 spiro atoms. The van der Waals surface area contributed by atoms with Gasteiger partial charge in [-0.2, -0.15) is 4.31 Å². The zero-order chi connectivity index (χ0) is 21.6. The van der Waals surface area contributed by atoms with Crippen molar-refractivity contribution in [2.24, 2.45) is 0 Å². The number of aliphatic hydroxyl groups is 1. The molecule has 3 unspecified atom stereocenters. The van der Waals surface area contributed by atoms with Crippen LogP contribution in [-0.2, 0) is 31.6 Å². The van der Waals surface area contributed by atoms with E-state index in [1.807, 2.05) is 0 Å². The first-order valence-electron chi connectivity index (χ1n) is 7.31. The van der Waals surface area contributed by atoms with E-state index >= 15 is 0 Å². The minimum atomic E-state index is -5.77. The molecule has 0 aromatic carbocycles. The van der Waals surface area contributed by atoms with Crippen LogP contribution in [0.25, 0.3) is 11.2 Å². The van der Waals surface area contributed by atoms with Gasteiger partial charge in [-0.05, 0) is 0 Å². The summed E-state index contributed by atoms with van der Waals surface area (Å²) in [5.74, 6) is 0.0561. The molecule has 2 aromatic rings. The van der Waals surface area contributed by atoms with E-state index in [0.717, 1.165) is 6.33 Å². The summed E-state index contributed by atoms with van der Waals surface area (Å²) in [7, 11) is -17.0. The van der Waals surface area contributed by atoms with Gasteiger partial charge in [0.2, 0.25) is 0 Å². The van der Waals surface area contributed by atoms with E-state index in [1.54, 1.807) is 0 Å². The summed E-state index contributed by atoms with van der Waals surface area (Å²) in [6.07, 6.45) is -2.06. The molecule has 6 N–H and O–H groups in total. The van der Waals surface area contributed by atoms with Gasteiger partial charge < -0.3 is 35.2 Å². The van der Waals surface area contributed by atoms with Crippen molar-refractivity contribution in [2.45, 2.75) is 18.4 Å². The second-order valence-corrected chi connectivity index (χ2v) is 9.84. The van der Waals surface area contributed by atoms with Crippen LogP contribution in [0.5, 0.6) is 0 Å². The third-order valence-corrected chi connectivity index (χ3v) is 7.29. The van der Waals surface area contributed by atoms with Gasteiger partial charge in [-0.1, -0.05) is 0 Å². The van der Waals surface area contributed by atoms with Crippen molar-refractivity contribution in [3.8, 4) is 0 Å². The molecule has 3 rings (SSSR count). The Kier molecular flexibility index (Phi) is 8.02. The molecule has 1 saturated heterocycles. The van der Waals surface area contributed by atoms with Crippen molar-refractivity contribution in [3.63, 3.8) is 0 Å². The Morgan fingerprint density at radius 3 is 2.47 bits per heavy atom. The van der Waals surface area contributed by atoms with Gasteiger partial charge in [0, 0.05) is 0 Å². The molecule has 0 saturated carbocycles. The molecule has 0 radical (unpaired) electrons. The number of hydrogen-bond acceptors (Lipinski definition) is 13. The van der Waals surface area contributed by atoms with E-state index in [0.29, 0.717) is 0 Å². The van der Waals surface area contributed by atoms with Crippen LogP contribution in [-0.4, -0.2) is 58.1 Å². The van der Waals surface area contributed by atoms with Gasteiger partial charge >= 0.3 is 45.2 Å². The monoisotopic (exact) mass is 499 g/mol. The number of aromatic nitrogens is 4. The van der Waals surface area contributed by atoms with E-state index in [-0.39, 0.29) is 46.5 Å². The number of phosphoric ester groups is 1. The first-order chi connectivity index (χ1) is 13.3. The van der Waals surface area contributed by atoms with Gasteiger partial charge in [-0.3, -0.25) is 13.7 Å². The van der Waals surface area contributed by atoms with Gasteiger partial charge in [0.1, 0.15) is 24.1 Å². The average molecular weight is 499 g/mol. The number of aliphatic hydroxyl groups excluding tert-OH is 1. The smallest absolute Gasteiger partial charge is 0.756 e. The van der Waals surface area contributed by atoms with Crippen LogP contribution >= 0.6 is 23.5 Å². The van der Waals surface area contributed by atoms with E-state index in [1.165, 1.54) is 10.9 Å². The molecule has 6 atom stereocenters. The zero-order valence-electron chi connectivity index (χ0n) is 14.9. The second kappa shape index (κ2) is 9.27. The Morgan fingerprint density at radius 1 is 1.17 bits per heavy atom. The van der Waals surface area contributed by atoms with Gasteiger partial charge in [-0.15, -0.1) is 0 Å². The minimum absolute atomic E-state index is 0. The number of hydrogen-bond donors (Lipinski definition) is 5. The molecular weight excluding hydrogens is 486 g/mol. The zero-order valence-corrected chi connectivity index (χ0v) is 19.5. The summed E-state index contributed by atoms with van der Waals surface area (Å²) < 4.78 is 51.8. The number of rotatable bonds is 7. The van der Waals surface area contributed by atoms with Crippen molar-refractivity contribution < 1.29 is 85.8 Å². The molecule has 1 aliphatic heterocycles. The average Bonchev–Trinajstić information content (AvgIpc) is 3.09. The maximum absolute atomic E-state index is 11.9. The molecule has 0 aliphatic carbocycles. The van der Waals surface area contributed by atoms with Crippen LogP contribution < -0.4 is 40.2 Å². The first kappa shape index (κ1) is 25.9. The van der Waals surface area contributed by atoms with Crippen LogP contribution in [0.4, 0.5) is 5.82 Å². The van der Waals surface area contributed by atoms with Crippen LogP contribution in [0.2, 0.25) is 0 Å². The Balaban J connectivity index is 0.00000320. The van der Waals surface area contributed by atoms with E-state index in [2.05, 4.69) is 28.1 Å². The fourth-order valence-corrected chi connectivity index (χ4v) is 5.59. The number of phosphoric acid groups is 3. The molecule has 162 valence electrons. The Hall–Kier alpha value is -0.320. The van der Waals surface area contributed by atoms with Gasteiger partial charge in [0.15, 0.2) is 17.7 Å². The molecule has 0 bridgehead atoms. The standard InChI is InChI=1S/C9H14N5O12P3.Na/c10-7-5-8(12-2-11-7)14(3-13-5)9-6(15)4(1-23-9)24-28(19,20)26-29(21,22)25-27(16,17)18;/h2-4,6,9,15H,1H2,(H,19,20)(H,21,22)(H2,10,11,12)(H2,16,17,18);/q;+1/p-1/t4-,6+,9+;/m0./s1. The first-order valence-corrected chi connectivity index (χ1v) is 11.8. The molecule has 1 fully saturated rings. The number of nitrogen functional groups attached to an aromatic ring is 1. The van der Waals surface area contributed by atoms with Crippen molar-refractivity contribution in [1.82, 2.24) is 19.5 Å². The molecule has 17 nitrogen and oxygen atoms in total. The van der Waals surface area contributed by atoms with Crippen molar-refractivity contribution >= 4 is 40.4 Å². The van der Waals surface area contributed by atoms with E-state index in [9.17, 15) is 28.6 Å². The quantitative estimate of drug-likeness (QED) is 0.177. The van der Waals surface area contributed by atoms with Crippen LogP contribution in [0.1, 0.15) is 6.23 Å². The predicted molar refractivity (Wildman–Crippen MR) is 87.3 cm³/mol. The Labute approximate surface area is 188 Å². The largest absolute Gasteiger partial charge is 1.00 e. The van der Waals surface area contributed by atoms with E-state index in [4.69, 9.17) is 20.3 Å². The van der Waals surface area contributed by atoms with Crippen molar-refractivity contribution in [3.05, 3.63) is 12.7 Å². The SMILES string of the molecule is Nc1ncnc2c1ncn2[C@@H]1OC[C@H](OP(=O)(O)OP(=O)(O)OP(=O)([O-])O)[C@H]1O.[Na+]. The van der Waals surface area contributed by atoms with Crippen LogP contribution in [0, 0.1) is 0 Å². The fourth-order valence-electron chi connectivity index (χ4n) is 2.43. The molecule has 3 heterocycles. The molecule has 1 aliphatic rings. The second-order valence-electron chi connectivity index (χ2n) is 5.51. The summed E-state index contributed by atoms with van der Waals surface area (Å²) in [6.45, 7) is -0.489. The number of ether oxygens (including phenoxy) is 1. The number of anilines is 1.